The van der Waals surface area contributed by atoms with E-state index in [9.17, 15) is 0 Å². The van der Waals surface area contributed by atoms with Crippen molar-refractivity contribution in [3.63, 3.8) is 0 Å². The Morgan fingerprint density at radius 1 is 1.19 bits per heavy atom. The highest BCUT2D eigenvalue weighted by Gasteiger charge is 2.12. The molecule has 2 rings (SSSR count). The molecule has 0 atom stereocenters. The highest BCUT2D eigenvalue weighted by Crippen LogP contribution is 2.21. The standard InChI is InChI=1S/C17H26N2O2/c1-17(2,3)18-12-14-13-19(8-10-21-11-9-20)16-7-5-4-6-15(14)16/h4-7,13,18,20H,8-12H2,1-3H3. The highest BCUT2D eigenvalue weighted by molar-refractivity contribution is 5.83. The summed E-state index contributed by atoms with van der Waals surface area (Å²) in [6.45, 7) is 9.28. The van der Waals surface area contributed by atoms with Gasteiger partial charge in [0.05, 0.1) is 19.8 Å². The smallest absolute Gasteiger partial charge is 0.0698 e. The summed E-state index contributed by atoms with van der Waals surface area (Å²) in [6, 6.07) is 8.45. The Kier molecular flexibility index (Phi) is 5.39. The maximum Gasteiger partial charge on any atom is 0.0698 e. The predicted molar refractivity (Wildman–Crippen MR) is 86.4 cm³/mol. The van der Waals surface area contributed by atoms with Gasteiger partial charge in [0.25, 0.3) is 0 Å². The fraction of sp³-hybridized carbons (Fsp3) is 0.529. The summed E-state index contributed by atoms with van der Waals surface area (Å²) in [5.41, 5.74) is 2.64. The van der Waals surface area contributed by atoms with E-state index >= 15 is 0 Å². The molecular weight excluding hydrogens is 264 g/mol. The lowest BCUT2D eigenvalue weighted by atomic mass is 10.1. The van der Waals surface area contributed by atoms with E-state index in [0.29, 0.717) is 13.2 Å². The van der Waals surface area contributed by atoms with Crippen molar-refractivity contribution in [1.82, 2.24) is 9.88 Å². The van der Waals surface area contributed by atoms with Crippen molar-refractivity contribution < 1.29 is 9.84 Å². The van der Waals surface area contributed by atoms with Crippen molar-refractivity contribution in [2.75, 3.05) is 19.8 Å². The summed E-state index contributed by atoms with van der Waals surface area (Å²) in [4.78, 5) is 0. The van der Waals surface area contributed by atoms with Crippen molar-refractivity contribution in [3.8, 4) is 0 Å². The number of para-hydroxylation sites is 1. The summed E-state index contributed by atoms with van der Waals surface area (Å²) in [5.74, 6) is 0. The zero-order chi connectivity index (χ0) is 15.3. The zero-order valence-electron chi connectivity index (χ0n) is 13.2. The van der Waals surface area contributed by atoms with Crippen LogP contribution >= 0.6 is 0 Å². The molecule has 2 aromatic rings. The number of hydrogen-bond acceptors (Lipinski definition) is 3. The monoisotopic (exact) mass is 290 g/mol. The molecule has 4 heteroatoms. The lowest BCUT2D eigenvalue weighted by Crippen LogP contribution is -2.34. The first-order valence-corrected chi connectivity index (χ1v) is 7.51. The fourth-order valence-corrected chi connectivity index (χ4v) is 2.34. The number of nitrogens with zero attached hydrogens (tertiary/aromatic N) is 1. The van der Waals surface area contributed by atoms with Crippen LogP contribution in [0.5, 0.6) is 0 Å². The number of fused-ring (bicyclic) bond motifs is 1. The number of aliphatic hydroxyl groups excluding tert-OH is 1. The topological polar surface area (TPSA) is 46.4 Å². The first kappa shape index (κ1) is 16.0. The van der Waals surface area contributed by atoms with Crippen LogP contribution in [-0.4, -0.2) is 35.0 Å². The van der Waals surface area contributed by atoms with Crippen LogP contribution in [0.3, 0.4) is 0 Å². The molecule has 0 aliphatic heterocycles. The van der Waals surface area contributed by atoms with Gasteiger partial charge in [-0.15, -0.1) is 0 Å². The third-order valence-corrected chi connectivity index (χ3v) is 3.39. The van der Waals surface area contributed by atoms with Gasteiger partial charge in [0, 0.05) is 35.7 Å². The molecule has 1 aromatic carbocycles. The molecule has 0 saturated carbocycles. The summed E-state index contributed by atoms with van der Waals surface area (Å²) in [7, 11) is 0. The first-order valence-electron chi connectivity index (χ1n) is 7.51. The Labute approximate surface area is 126 Å². The van der Waals surface area contributed by atoms with E-state index in [0.717, 1.165) is 13.1 Å². The summed E-state index contributed by atoms with van der Waals surface area (Å²) >= 11 is 0. The molecule has 2 N–H and O–H groups in total. The minimum Gasteiger partial charge on any atom is -0.394 e. The molecule has 0 fully saturated rings. The van der Waals surface area contributed by atoms with Gasteiger partial charge in [0.2, 0.25) is 0 Å². The quantitative estimate of drug-likeness (QED) is 0.770. The summed E-state index contributed by atoms with van der Waals surface area (Å²) in [5, 5.41) is 13.6. The first-order chi connectivity index (χ1) is 10.0. The van der Waals surface area contributed by atoms with E-state index in [2.05, 4.69) is 61.1 Å². The lowest BCUT2D eigenvalue weighted by molar-refractivity contribution is 0.0875. The summed E-state index contributed by atoms with van der Waals surface area (Å²) < 4.78 is 7.60. The third-order valence-electron chi connectivity index (χ3n) is 3.39. The zero-order valence-corrected chi connectivity index (χ0v) is 13.2. The van der Waals surface area contributed by atoms with Crippen LogP contribution < -0.4 is 5.32 Å². The van der Waals surface area contributed by atoms with Crippen molar-refractivity contribution in [2.45, 2.75) is 39.4 Å². The molecule has 0 saturated heterocycles. The van der Waals surface area contributed by atoms with Gasteiger partial charge >= 0.3 is 0 Å². The number of nitrogens with one attached hydrogen (secondary N) is 1. The van der Waals surface area contributed by atoms with E-state index in [1.807, 2.05) is 0 Å². The SMILES string of the molecule is CC(C)(C)NCc1cn(CCOCCO)c2ccccc12. The minimum atomic E-state index is 0.0766. The number of ether oxygens (including phenoxy) is 1. The van der Waals surface area contributed by atoms with Gasteiger partial charge in [-0.3, -0.25) is 0 Å². The molecule has 0 spiro atoms. The number of aromatic nitrogens is 1. The van der Waals surface area contributed by atoms with Gasteiger partial charge in [0.15, 0.2) is 0 Å². The van der Waals surface area contributed by atoms with Crippen LogP contribution in [-0.2, 0) is 17.8 Å². The molecule has 1 aromatic heterocycles. The second-order valence-corrected chi connectivity index (χ2v) is 6.30. The number of rotatable bonds is 7. The average molecular weight is 290 g/mol. The van der Waals surface area contributed by atoms with E-state index in [4.69, 9.17) is 9.84 Å². The van der Waals surface area contributed by atoms with Crippen molar-refractivity contribution in [3.05, 3.63) is 36.0 Å². The van der Waals surface area contributed by atoms with Gasteiger partial charge < -0.3 is 19.7 Å². The van der Waals surface area contributed by atoms with Crippen LogP contribution in [0.2, 0.25) is 0 Å². The maximum atomic E-state index is 8.75. The Bertz CT molecular complexity index is 570. The molecule has 1 heterocycles. The van der Waals surface area contributed by atoms with Crippen LogP contribution in [0.15, 0.2) is 30.5 Å². The Hall–Kier alpha value is -1.36. The van der Waals surface area contributed by atoms with Crippen LogP contribution in [0, 0.1) is 0 Å². The van der Waals surface area contributed by atoms with E-state index in [1.165, 1.54) is 16.5 Å². The number of aliphatic hydroxyl groups is 1. The van der Waals surface area contributed by atoms with Crippen molar-refractivity contribution in [2.24, 2.45) is 0 Å². The number of benzene rings is 1. The molecule has 0 aliphatic carbocycles. The largest absolute Gasteiger partial charge is 0.394 e. The average Bonchev–Trinajstić information content (AvgIpc) is 2.79. The van der Waals surface area contributed by atoms with Gasteiger partial charge in [0.1, 0.15) is 0 Å². The third kappa shape index (κ3) is 4.56. The Morgan fingerprint density at radius 2 is 1.95 bits per heavy atom. The number of hydrogen-bond donors (Lipinski definition) is 2. The lowest BCUT2D eigenvalue weighted by Gasteiger charge is -2.20. The van der Waals surface area contributed by atoms with Crippen molar-refractivity contribution in [1.29, 1.82) is 0 Å². The van der Waals surface area contributed by atoms with Gasteiger partial charge in [-0.25, -0.2) is 0 Å². The highest BCUT2D eigenvalue weighted by atomic mass is 16.5. The second kappa shape index (κ2) is 7.07. The molecule has 0 radical (unpaired) electrons. The maximum absolute atomic E-state index is 8.75. The minimum absolute atomic E-state index is 0.0766. The predicted octanol–water partition coefficient (Wildman–Crippen LogP) is 2.54. The molecule has 0 amide bonds. The fourth-order valence-electron chi connectivity index (χ4n) is 2.34. The van der Waals surface area contributed by atoms with E-state index in [1.54, 1.807) is 0 Å². The van der Waals surface area contributed by atoms with Gasteiger partial charge in [-0.2, -0.15) is 0 Å². The molecule has 4 nitrogen and oxygen atoms in total. The Balaban J connectivity index is 2.14. The van der Waals surface area contributed by atoms with Crippen LogP contribution in [0.4, 0.5) is 0 Å². The van der Waals surface area contributed by atoms with Gasteiger partial charge in [-0.1, -0.05) is 18.2 Å². The van der Waals surface area contributed by atoms with Gasteiger partial charge in [-0.05, 0) is 32.4 Å². The van der Waals surface area contributed by atoms with Crippen LogP contribution in [0.1, 0.15) is 26.3 Å². The molecule has 0 unspecified atom stereocenters. The summed E-state index contributed by atoms with van der Waals surface area (Å²) in [6.07, 6.45) is 2.20. The normalized spacial score (nSPS) is 12.2. The molecule has 0 bridgehead atoms. The van der Waals surface area contributed by atoms with Crippen LogP contribution in [0.25, 0.3) is 10.9 Å². The van der Waals surface area contributed by atoms with Crippen molar-refractivity contribution >= 4 is 10.9 Å². The molecule has 116 valence electrons. The molecular formula is C17H26N2O2. The van der Waals surface area contributed by atoms with E-state index in [-0.39, 0.29) is 12.1 Å². The molecule has 21 heavy (non-hydrogen) atoms. The van der Waals surface area contributed by atoms with E-state index < -0.39 is 0 Å². The molecule has 0 aliphatic rings. The Morgan fingerprint density at radius 3 is 2.67 bits per heavy atom. The second-order valence-electron chi connectivity index (χ2n) is 6.30.